The number of esters is 1. The minimum absolute atomic E-state index is 0.0556. The molecule has 1 fully saturated rings. The van der Waals surface area contributed by atoms with Crippen LogP contribution >= 0.6 is 0 Å². The summed E-state index contributed by atoms with van der Waals surface area (Å²) in [7, 11) is 1.36. The van der Waals surface area contributed by atoms with Gasteiger partial charge in [0.2, 0.25) is 0 Å². The third kappa shape index (κ3) is 2.94. The second-order valence-electron chi connectivity index (χ2n) is 6.78. The summed E-state index contributed by atoms with van der Waals surface area (Å²) in [5.41, 5.74) is 2.80. The number of fused-ring (bicyclic) bond motifs is 1. The van der Waals surface area contributed by atoms with Crippen LogP contribution in [0.15, 0.2) is 35.3 Å². The van der Waals surface area contributed by atoms with Crippen molar-refractivity contribution in [2.75, 3.05) is 7.11 Å². The summed E-state index contributed by atoms with van der Waals surface area (Å²) in [6.45, 7) is 3.91. The molecule has 0 amide bonds. The fourth-order valence-electron chi connectivity index (χ4n) is 3.28. The molecule has 0 spiro atoms. The Hall–Kier alpha value is -2.83. The van der Waals surface area contributed by atoms with Crippen LogP contribution in [-0.4, -0.2) is 32.0 Å². The quantitative estimate of drug-likeness (QED) is 0.637. The van der Waals surface area contributed by atoms with Crippen molar-refractivity contribution in [2.24, 2.45) is 5.92 Å². The molecule has 4 rings (SSSR count). The topological polar surface area (TPSA) is 71.0 Å². The maximum atomic E-state index is 13.1. The van der Waals surface area contributed by atoms with Crippen molar-refractivity contribution in [2.45, 2.75) is 39.4 Å². The standard InChI is InChI=1S/C19H22N4O3/c1-3-21-9-8-15(20-21)12-23-17-10-14(18(24)26-2)6-7-16(17)22(19(23)25)11-13-4-5-13/h6-10,13H,3-5,11-12H2,1-2H3. The van der Waals surface area contributed by atoms with Gasteiger partial charge in [-0.1, -0.05) is 0 Å². The first-order chi connectivity index (χ1) is 12.6. The first kappa shape index (κ1) is 16.6. The maximum Gasteiger partial charge on any atom is 0.337 e. The average Bonchev–Trinajstić information content (AvgIpc) is 3.31. The SMILES string of the molecule is CCn1ccc(Cn2c(=O)n(CC3CC3)c3ccc(C(=O)OC)cc32)n1. The van der Waals surface area contributed by atoms with Gasteiger partial charge < -0.3 is 4.74 Å². The highest BCUT2D eigenvalue weighted by atomic mass is 16.5. The normalized spacial score (nSPS) is 14.1. The Labute approximate surface area is 150 Å². The van der Waals surface area contributed by atoms with Crippen molar-refractivity contribution in [1.82, 2.24) is 18.9 Å². The molecule has 136 valence electrons. The van der Waals surface area contributed by atoms with Gasteiger partial charge in [-0.3, -0.25) is 13.8 Å². The third-order valence-corrected chi connectivity index (χ3v) is 4.92. The monoisotopic (exact) mass is 354 g/mol. The van der Waals surface area contributed by atoms with Crippen LogP contribution in [-0.2, 0) is 24.4 Å². The van der Waals surface area contributed by atoms with Crippen LogP contribution in [0.3, 0.4) is 0 Å². The molecule has 2 aromatic heterocycles. The van der Waals surface area contributed by atoms with Crippen molar-refractivity contribution >= 4 is 17.0 Å². The zero-order valence-electron chi connectivity index (χ0n) is 15.0. The van der Waals surface area contributed by atoms with E-state index in [1.54, 1.807) is 16.7 Å². The number of benzene rings is 1. The largest absolute Gasteiger partial charge is 0.465 e. The van der Waals surface area contributed by atoms with Crippen molar-refractivity contribution in [1.29, 1.82) is 0 Å². The maximum absolute atomic E-state index is 13.1. The van der Waals surface area contributed by atoms with E-state index in [0.717, 1.165) is 29.8 Å². The molecule has 0 atom stereocenters. The number of imidazole rings is 1. The van der Waals surface area contributed by atoms with E-state index in [0.29, 0.717) is 18.0 Å². The van der Waals surface area contributed by atoms with Gasteiger partial charge in [-0.05, 0) is 49.9 Å². The van der Waals surface area contributed by atoms with Crippen molar-refractivity contribution < 1.29 is 9.53 Å². The molecule has 0 unspecified atom stereocenters. The number of aromatic nitrogens is 4. The van der Waals surface area contributed by atoms with E-state index in [2.05, 4.69) is 5.10 Å². The van der Waals surface area contributed by atoms with Crippen LogP contribution in [0.5, 0.6) is 0 Å². The van der Waals surface area contributed by atoms with E-state index >= 15 is 0 Å². The molecule has 1 saturated carbocycles. The Morgan fingerprint density at radius 3 is 2.69 bits per heavy atom. The smallest absolute Gasteiger partial charge is 0.337 e. The van der Waals surface area contributed by atoms with Crippen LogP contribution < -0.4 is 5.69 Å². The van der Waals surface area contributed by atoms with E-state index in [9.17, 15) is 9.59 Å². The lowest BCUT2D eigenvalue weighted by molar-refractivity contribution is 0.0601. The van der Waals surface area contributed by atoms with E-state index in [4.69, 9.17) is 4.74 Å². The van der Waals surface area contributed by atoms with Crippen LogP contribution in [0, 0.1) is 5.92 Å². The molecular weight excluding hydrogens is 332 g/mol. The molecule has 1 aliphatic rings. The Kier molecular flexibility index (Phi) is 4.14. The van der Waals surface area contributed by atoms with E-state index < -0.39 is 5.97 Å². The molecular formula is C19H22N4O3. The van der Waals surface area contributed by atoms with Gasteiger partial charge in [0, 0.05) is 19.3 Å². The second-order valence-corrected chi connectivity index (χ2v) is 6.78. The molecule has 7 nitrogen and oxygen atoms in total. The summed E-state index contributed by atoms with van der Waals surface area (Å²) in [4.78, 5) is 25.0. The lowest BCUT2D eigenvalue weighted by atomic mass is 10.2. The lowest BCUT2D eigenvalue weighted by Crippen LogP contribution is -2.25. The van der Waals surface area contributed by atoms with Crippen LogP contribution in [0.1, 0.15) is 35.8 Å². The Balaban J connectivity index is 1.83. The summed E-state index contributed by atoms with van der Waals surface area (Å²) in [6.07, 6.45) is 4.24. The van der Waals surface area contributed by atoms with Gasteiger partial charge in [0.15, 0.2) is 0 Å². The van der Waals surface area contributed by atoms with Crippen molar-refractivity contribution in [3.05, 3.63) is 52.2 Å². The van der Waals surface area contributed by atoms with Gasteiger partial charge in [-0.2, -0.15) is 5.10 Å². The fourth-order valence-corrected chi connectivity index (χ4v) is 3.28. The molecule has 0 saturated heterocycles. The highest BCUT2D eigenvalue weighted by molar-refractivity contribution is 5.93. The van der Waals surface area contributed by atoms with E-state index in [1.807, 2.05) is 34.5 Å². The number of rotatable bonds is 6. The second kappa shape index (κ2) is 6.48. The molecule has 7 heteroatoms. The van der Waals surface area contributed by atoms with Gasteiger partial charge in [-0.15, -0.1) is 0 Å². The Morgan fingerprint density at radius 1 is 1.23 bits per heavy atom. The Bertz CT molecular complexity index is 1020. The minimum atomic E-state index is -0.406. The molecule has 1 aromatic carbocycles. The molecule has 1 aliphatic carbocycles. The van der Waals surface area contributed by atoms with Gasteiger partial charge in [0.1, 0.15) is 0 Å². The summed E-state index contributed by atoms with van der Waals surface area (Å²) >= 11 is 0. The fraction of sp³-hybridized carbons (Fsp3) is 0.421. The van der Waals surface area contributed by atoms with Gasteiger partial charge >= 0.3 is 11.7 Å². The van der Waals surface area contributed by atoms with Crippen molar-refractivity contribution in [3.63, 3.8) is 0 Å². The van der Waals surface area contributed by atoms with Gasteiger partial charge in [-0.25, -0.2) is 9.59 Å². The molecule has 3 aromatic rings. The number of carbonyl (C=O) groups is 1. The first-order valence-corrected chi connectivity index (χ1v) is 8.94. The molecule has 0 bridgehead atoms. The van der Waals surface area contributed by atoms with E-state index in [1.165, 1.54) is 20.0 Å². The number of carbonyl (C=O) groups excluding carboxylic acids is 1. The molecule has 0 N–H and O–H groups in total. The predicted octanol–water partition coefficient (Wildman–Crippen LogP) is 2.26. The zero-order valence-corrected chi connectivity index (χ0v) is 15.0. The van der Waals surface area contributed by atoms with Gasteiger partial charge in [0.25, 0.3) is 0 Å². The number of nitrogens with zero attached hydrogens (tertiary/aromatic N) is 4. The molecule has 0 radical (unpaired) electrons. The summed E-state index contributed by atoms with van der Waals surface area (Å²) in [5.74, 6) is 0.169. The van der Waals surface area contributed by atoms with E-state index in [-0.39, 0.29) is 5.69 Å². The van der Waals surface area contributed by atoms with Crippen molar-refractivity contribution in [3.8, 4) is 0 Å². The first-order valence-electron chi connectivity index (χ1n) is 8.94. The van der Waals surface area contributed by atoms with Crippen LogP contribution in [0.2, 0.25) is 0 Å². The zero-order chi connectivity index (χ0) is 18.3. The lowest BCUT2D eigenvalue weighted by Gasteiger charge is -2.03. The minimum Gasteiger partial charge on any atom is -0.465 e. The Morgan fingerprint density at radius 2 is 2.04 bits per heavy atom. The predicted molar refractivity (Wildman–Crippen MR) is 97.3 cm³/mol. The summed E-state index contributed by atoms with van der Waals surface area (Å²) in [5, 5.41) is 4.48. The van der Waals surface area contributed by atoms with Gasteiger partial charge in [0.05, 0.1) is 35.9 Å². The molecule has 26 heavy (non-hydrogen) atoms. The molecule has 2 heterocycles. The number of methoxy groups -OCH3 is 1. The number of aryl methyl sites for hydroxylation is 1. The number of ether oxygens (including phenoxy) is 1. The highest BCUT2D eigenvalue weighted by Crippen LogP contribution is 2.31. The third-order valence-electron chi connectivity index (χ3n) is 4.92. The summed E-state index contributed by atoms with van der Waals surface area (Å²) < 4.78 is 10.2. The number of hydrogen-bond acceptors (Lipinski definition) is 4. The number of hydrogen-bond donors (Lipinski definition) is 0. The summed E-state index contributed by atoms with van der Waals surface area (Å²) in [6, 6.07) is 7.21. The van der Waals surface area contributed by atoms with Crippen LogP contribution in [0.25, 0.3) is 11.0 Å². The highest BCUT2D eigenvalue weighted by Gasteiger charge is 2.25. The van der Waals surface area contributed by atoms with Crippen LogP contribution in [0.4, 0.5) is 0 Å². The molecule has 0 aliphatic heterocycles. The average molecular weight is 354 g/mol.